The van der Waals surface area contributed by atoms with Crippen LogP contribution in [0.4, 0.5) is 5.69 Å². The number of piperidine rings is 1. The van der Waals surface area contributed by atoms with E-state index in [1.165, 1.54) is 0 Å². The van der Waals surface area contributed by atoms with E-state index in [4.69, 9.17) is 9.76 Å². The monoisotopic (exact) mass is 276 g/mol. The molecular weight excluding hydrogens is 259 g/mol. The summed E-state index contributed by atoms with van der Waals surface area (Å²) in [7, 11) is -0.935. The number of nitrogens with one attached hydrogen (secondary N) is 2. The minimum atomic E-state index is -0.935. The van der Waals surface area contributed by atoms with Gasteiger partial charge in [-0.05, 0) is 49.1 Å². The predicted octanol–water partition coefficient (Wildman–Crippen LogP) is -0.520. The fraction of sp³-hybridized carbons (Fsp3) is 0.462. The van der Waals surface area contributed by atoms with Crippen molar-refractivity contribution in [1.82, 2.24) is 5.32 Å². The lowest BCUT2D eigenvalue weighted by Crippen LogP contribution is -2.40. The minimum Gasteiger partial charge on any atom is -0.480 e. The number of hydrogen-bond acceptors (Lipinski definition) is 5. The second-order valence-electron chi connectivity index (χ2n) is 5.26. The highest BCUT2D eigenvalue weighted by molar-refractivity contribution is 6.62. The van der Waals surface area contributed by atoms with E-state index in [0.717, 1.165) is 37.0 Å². The Morgan fingerprint density at radius 3 is 2.90 bits per heavy atom. The Morgan fingerprint density at radius 1 is 1.45 bits per heavy atom. The van der Waals surface area contributed by atoms with Gasteiger partial charge in [0.15, 0.2) is 0 Å². The maximum absolute atomic E-state index is 10.6. The number of aliphatic carboxylic acids is 1. The topological polar surface area (TPSA) is 90.8 Å². The van der Waals surface area contributed by atoms with E-state index in [2.05, 4.69) is 10.6 Å². The zero-order valence-electron chi connectivity index (χ0n) is 11.1. The van der Waals surface area contributed by atoms with Gasteiger partial charge < -0.3 is 25.4 Å². The minimum absolute atomic E-state index is 0.148. The normalized spacial score (nSPS) is 19.9. The summed E-state index contributed by atoms with van der Waals surface area (Å²) in [4.78, 5) is 10.6. The molecule has 1 saturated heterocycles. The van der Waals surface area contributed by atoms with Crippen molar-refractivity contribution in [1.29, 1.82) is 0 Å². The molecule has 1 aromatic carbocycles. The van der Waals surface area contributed by atoms with Crippen molar-refractivity contribution < 1.29 is 19.6 Å². The van der Waals surface area contributed by atoms with Gasteiger partial charge in [-0.2, -0.15) is 0 Å². The van der Waals surface area contributed by atoms with Gasteiger partial charge in [-0.15, -0.1) is 0 Å². The van der Waals surface area contributed by atoms with Crippen molar-refractivity contribution >= 4 is 24.2 Å². The molecule has 1 fully saturated rings. The molecule has 2 heterocycles. The van der Waals surface area contributed by atoms with E-state index in [9.17, 15) is 9.82 Å². The number of anilines is 1. The summed E-state index contributed by atoms with van der Waals surface area (Å²) in [5.74, 6) is -0.919. The largest absolute Gasteiger partial charge is 0.492 e. The lowest BCUT2D eigenvalue weighted by Gasteiger charge is -2.35. The van der Waals surface area contributed by atoms with Crippen LogP contribution in [0.1, 0.15) is 18.4 Å². The van der Waals surface area contributed by atoms with E-state index < -0.39 is 18.7 Å². The van der Waals surface area contributed by atoms with E-state index in [0.29, 0.717) is 5.69 Å². The van der Waals surface area contributed by atoms with Crippen LogP contribution in [0.15, 0.2) is 18.2 Å². The third-order valence-corrected chi connectivity index (χ3v) is 4.00. The molecule has 7 heteroatoms. The molecule has 4 N–H and O–H groups in total. The molecule has 2 aliphatic rings. The van der Waals surface area contributed by atoms with Gasteiger partial charge in [0.2, 0.25) is 0 Å². The second-order valence-corrected chi connectivity index (χ2v) is 5.26. The van der Waals surface area contributed by atoms with Gasteiger partial charge in [0.05, 0.1) is 5.60 Å². The number of fused-ring (bicyclic) bond motifs is 2. The Balaban J connectivity index is 1.88. The van der Waals surface area contributed by atoms with Crippen LogP contribution in [0.25, 0.3) is 0 Å². The summed E-state index contributed by atoms with van der Waals surface area (Å²) in [6.07, 6.45) is 1.66. The third kappa shape index (κ3) is 2.28. The number of benzene rings is 1. The zero-order valence-corrected chi connectivity index (χ0v) is 11.1. The second kappa shape index (κ2) is 5.08. The SMILES string of the molecule is O=C(O)CNc1ccc2c(c1)B(O)OC21CCNCC1. The maximum Gasteiger partial charge on any atom is 0.492 e. The summed E-state index contributed by atoms with van der Waals surface area (Å²) in [6, 6.07) is 5.55. The number of rotatable bonds is 3. The summed E-state index contributed by atoms with van der Waals surface area (Å²) in [5.41, 5.74) is 2.04. The molecule has 0 radical (unpaired) electrons. The summed E-state index contributed by atoms with van der Waals surface area (Å²) in [6.45, 7) is 1.58. The quantitative estimate of drug-likeness (QED) is 0.555. The average Bonchev–Trinajstić information content (AvgIpc) is 2.70. The highest BCUT2D eigenvalue weighted by Crippen LogP contribution is 2.38. The fourth-order valence-electron chi connectivity index (χ4n) is 3.03. The molecule has 2 aliphatic heterocycles. The van der Waals surface area contributed by atoms with Crippen molar-refractivity contribution in [2.24, 2.45) is 0 Å². The fourth-order valence-corrected chi connectivity index (χ4v) is 3.03. The first-order valence-corrected chi connectivity index (χ1v) is 6.77. The summed E-state index contributed by atoms with van der Waals surface area (Å²) < 4.78 is 5.81. The molecule has 6 nitrogen and oxygen atoms in total. The zero-order chi connectivity index (χ0) is 14.2. The van der Waals surface area contributed by atoms with Gasteiger partial charge in [-0.25, -0.2) is 0 Å². The van der Waals surface area contributed by atoms with Gasteiger partial charge >= 0.3 is 13.1 Å². The molecule has 0 bridgehead atoms. The molecular formula is C13H17BN2O4. The molecule has 0 atom stereocenters. The van der Waals surface area contributed by atoms with Gasteiger partial charge in [-0.1, -0.05) is 6.07 Å². The Hall–Kier alpha value is -1.57. The van der Waals surface area contributed by atoms with Crippen LogP contribution < -0.4 is 16.1 Å². The first-order chi connectivity index (χ1) is 9.61. The van der Waals surface area contributed by atoms with Crippen LogP contribution in [-0.2, 0) is 15.0 Å². The van der Waals surface area contributed by atoms with Crippen molar-refractivity contribution in [2.75, 3.05) is 25.0 Å². The van der Waals surface area contributed by atoms with E-state index in [-0.39, 0.29) is 6.54 Å². The molecule has 1 aromatic rings. The van der Waals surface area contributed by atoms with E-state index in [1.807, 2.05) is 12.1 Å². The Labute approximate surface area is 117 Å². The van der Waals surface area contributed by atoms with Crippen molar-refractivity contribution in [2.45, 2.75) is 18.4 Å². The molecule has 0 amide bonds. The molecule has 0 aromatic heterocycles. The van der Waals surface area contributed by atoms with Crippen LogP contribution in [0.3, 0.4) is 0 Å². The average molecular weight is 276 g/mol. The number of hydrogen-bond donors (Lipinski definition) is 4. The van der Waals surface area contributed by atoms with Crippen LogP contribution >= 0.6 is 0 Å². The molecule has 3 rings (SSSR count). The van der Waals surface area contributed by atoms with Crippen molar-refractivity contribution in [3.8, 4) is 0 Å². The smallest absolute Gasteiger partial charge is 0.480 e. The predicted molar refractivity (Wildman–Crippen MR) is 75.0 cm³/mol. The highest BCUT2D eigenvalue weighted by Gasteiger charge is 2.47. The third-order valence-electron chi connectivity index (χ3n) is 4.00. The standard InChI is InChI=1S/C13H17BN2O4/c17-12(18)8-16-9-1-2-10-11(7-9)14(19)20-13(10)3-5-15-6-4-13/h1-2,7,15-16,19H,3-6,8H2,(H,17,18). The molecule has 0 unspecified atom stereocenters. The summed E-state index contributed by atoms with van der Waals surface area (Å²) in [5, 5.41) is 24.9. The molecule has 0 aliphatic carbocycles. The molecule has 20 heavy (non-hydrogen) atoms. The Bertz CT molecular complexity index is 531. The van der Waals surface area contributed by atoms with E-state index in [1.54, 1.807) is 6.07 Å². The van der Waals surface area contributed by atoms with Gasteiger partial charge in [-0.3, -0.25) is 4.79 Å². The van der Waals surface area contributed by atoms with Crippen LogP contribution in [-0.4, -0.2) is 42.9 Å². The lowest BCUT2D eigenvalue weighted by atomic mass is 9.76. The summed E-state index contributed by atoms with van der Waals surface area (Å²) >= 11 is 0. The first kappa shape index (κ1) is 13.4. The number of carboxylic acid groups (broad SMARTS) is 1. The Morgan fingerprint density at radius 2 is 2.20 bits per heavy atom. The molecule has 1 spiro atoms. The van der Waals surface area contributed by atoms with Crippen LogP contribution in [0.5, 0.6) is 0 Å². The van der Waals surface area contributed by atoms with E-state index >= 15 is 0 Å². The number of carboxylic acids is 1. The first-order valence-electron chi connectivity index (χ1n) is 6.77. The molecule has 106 valence electrons. The number of carbonyl (C=O) groups is 1. The molecule has 0 saturated carbocycles. The van der Waals surface area contributed by atoms with Gasteiger partial charge in [0, 0.05) is 5.69 Å². The van der Waals surface area contributed by atoms with Crippen LogP contribution in [0, 0.1) is 0 Å². The Kier molecular flexibility index (Phi) is 3.41. The van der Waals surface area contributed by atoms with Crippen LogP contribution in [0.2, 0.25) is 0 Å². The highest BCUT2D eigenvalue weighted by atomic mass is 16.5. The van der Waals surface area contributed by atoms with Gasteiger partial charge in [0.1, 0.15) is 6.54 Å². The van der Waals surface area contributed by atoms with Gasteiger partial charge in [0.25, 0.3) is 0 Å². The maximum atomic E-state index is 10.6. The van der Waals surface area contributed by atoms with Crippen molar-refractivity contribution in [3.63, 3.8) is 0 Å². The van der Waals surface area contributed by atoms with Crippen molar-refractivity contribution in [3.05, 3.63) is 23.8 Å². The lowest BCUT2D eigenvalue weighted by molar-refractivity contribution is -0.134.